The predicted octanol–water partition coefficient (Wildman–Crippen LogP) is 2.07. The molecule has 0 rings (SSSR count). The van der Waals surface area contributed by atoms with Gasteiger partial charge in [-0.15, -0.1) is 0 Å². The number of allylic oxidation sites excluding steroid dienone is 2. The van der Waals surface area contributed by atoms with E-state index in [0.717, 1.165) is 11.5 Å². The molecule has 0 aliphatic heterocycles. The van der Waals surface area contributed by atoms with Gasteiger partial charge in [0.25, 0.3) is 0 Å². The Morgan fingerprint density at radius 1 is 1.30 bits per heavy atom. The van der Waals surface area contributed by atoms with Crippen molar-refractivity contribution in [1.29, 1.82) is 0 Å². The maximum absolute atomic E-state index is 4.16. The molecule has 0 fully saturated rings. The molecule has 0 saturated heterocycles. The third-order valence-electron chi connectivity index (χ3n) is 1.07. The molecule has 0 amide bonds. The van der Waals surface area contributed by atoms with Gasteiger partial charge in [-0.3, -0.25) is 4.99 Å². The first kappa shape index (κ1) is 9.08. The summed E-state index contributed by atoms with van der Waals surface area (Å²) < 4.78 is 0. The van der Waals surface area contributed by atoms with Crippen LogP contribution in [0.3, 0.4) is 0 Å². The van der Waals surface area contributed by atoms with E-state index in [9.17, 15) is 0 Å². The van der Waals surface area contributed by atoms with Gasteiger partial charge >= 0.3 is 0 Å². The van der Waals surface area contributed by atoms with Gasteiger partial charge < -0.3 is 0 Å². The first-order chi connectivity index (χ1) is 4.70. The zero-order valence-electron chi connectivity index (χ0n) is 7.05. The van der Waals surface area contributed by atoms with Crippen LogP contribution in [0.5, 0.6) is 0 Å². The lowest BCUT2D eigenvalue weighted by atomic mass is 10.4. The van der Waals surface area contributed by atoms with Gasteiger partial charge in [0.05, 0.1) is 0 Å². The first-order valence-electron chi connectivity index (χ1n) is 3.32. The van der Waals surface area contributed by atoms with Crippen LogP contribution in [0.1, 0.15) is 20.8 Å². The maximum atomic E-state index is 4.16. The molecular formula is C8H14N2. The van der Waals surface area contributed by atoms with Crippen LogP contribution >= 0.6 is 0 Å². The Kier molecular flexibility index (Phi) is 4.46. The average molecular weight is 138 g/mol. The van der Waals surface area contributed by atoms with Gasteiger partial charge in [0, 0.05) is 12.8 Å². The lowest BCUT2D eigenvalue weighted by Gasteiger charge is -1.90. The smallest absolute Gasteiger partial charge is 0.120 e. The summed E-state index contributed by atoms with van der Waals surface area (Å²) in [5, 5.41) is 0. The summed E-state index contributed by atoms with van der Waals surface area (Å²) in [7, 11) is 1.74. The molecule has 0 spiro atoms. The van der Waals surface area contributed by atoms with Gasteiger partial charge in [-0.05, 0) is 26.8 Å². The molecule has 0 aromatic carbocycles. The third kappa shape index (κ3) is 4.01. The number of rotatable bonds is 1. The predicted molar refractivity (Wildman–Crippen MR) is 47.0 cm³/mol. The minimum atomic E-state index is 0.815. The minimum Gasteiger partial charge on any atom is -0.274 e. The van der Waals surface area contributed by atoms with E-state index in [4.69, 9.17) is 0 Å². The summed E-state index contributed by atoms with van der Waals surface area (Å²) in [6.07, 6.45) is 3.91. The van der Waals surface area contributed by atoms with Crippen molar-refractivity contribution in [3.8, 4) is 0 Å². The first-order valence-corrected chi connectivity index (χ1v) is 3.32. The van der Waals surface area contributed by atoms with Crippen molar-refractivity contribution in [2.24, 2.45) is 9.98 Å². The molecule has 10 heavy (non-hydrogen) atoms. The fraction of sp³-hybridized carbons (Fsp3) is 0.500. The van der Waals surface area contributed by atoms with Crippen molar-refractivity contribution in [2.45, 2.75) is 20.8 Å². The molecule has 0 N–H and O–H groups in total. The van der Waals surface area contributed by atoms with Crippen LogP contribution in [0.15, 0.2) is 22.1 Å². The number of hydrogen-bond acceptors (Lipinski definition) is 1. The second kappa shape index (κ2) is 4.91. The van der Waals surface area contributed by atoms with Crippen LogP contribution in [-0.2, 0) is 0 Å². The zero-order valence-corrected chi connectivity index (χ0v) is 7.05. The Morgan fingerprint density at radius 3 is 2.30 bits per heavy atom. The highest BCUT2D eigenvalue weighted by molar-refractivity contribution is 6.01. The Labute approximate surface area is 62.4 Å². The topological polar surface area (TPSA) is 24.7 Å². The lowest BCUT2D eigenvalue weighted by molar-refractivity contribution is 1.38. The van der Waals surface area contributed by atoms with Crippen molar-refractivity contribution >= 4 is 11.5 Å². The van der Waals surface area contributed by atoms with E-state index in [1.807, 2.05) is 32.9 Å². The van der Waals surface area contributed by atoms with Gasteiger partial charge in [-0.25, -0.2) is 4.99 Å². The number of amidine groups is 1. The lowest BCUT2D eigenvalue weighted by Crippen LogP contribution is -1.91. The molecule has 0 heterocycles. The Morgan fingerprint density at radius 2 is 1.90 bits per heavy atom. The van der Waals surface area contributed by atoms with E-state index in [1.54, 1.807) is 7.05 Å². The molecule has 0 aromatic rings. The molecule has 0 aliphatic carbocycles. The highest BCUT2D eigenvalue weighted by Crippen LogP contribution is 1.84. The molecule has 56 valence electrons. The summed E-state index contributed by atoms with van der Waals surface area (Å²) in [5.74, 6) is 0.815. The van der Waals surface area contributed by atoms with Crippen LogP contribution in [0.2, 0.25) is 0 Å². The van der Waals surface area contributed by atoms with Crippen LogP contribution < -0.4 is 0 Å². The van der Waals surface area contributed by atoms with Crippen LogP contribution in [0.4, 0.5) is 0 Å². The van der Waals surface area contributed by atoms with Crippen LogP contribution in [0, 0.1) is 0 Å². The van der Waals surface area contributed by atoms with Gasteiger partial charge in [0.1, 0.15) is 5.84 Å². The van der Waals surface area contributed by atoms with Crippen molar-refractivity contribution in [1.82, 2.24) is 0 Å². The Balaban J connectivity index is 4.16. The summed E-state index contributed by atoms with van der Waals surface area (Å²) in [5.41, 5.74) is 0.991. The van der Waals surface area contributed by atoms with E-state index in [-0.39, 0.29) is 0 Å². The molecule has 0 radical (unpaired) electrons. The Bertz CT molecular complexity index is 176. The highest BCUT2D eigenvalue weighted by Gasteiger charge is 1.83. The third-order valence-corrected chi connectivity index (χ3v) is 1.07. The fourth-order valence-electron chi connectivity index (χ4n) is 0.584. The second-order valence-corrected chi connectivity index (χ2v) is 2.02. The number of hydrogen-bond donors (Lipinski definition) is 0. The van der Waals surface area contributed by atoms with Crippen molar-refractivity contribution in [3.63, 3.8) is 0 Å². The number of nitrogens with zero attached hydrogens (tertiary/aromatic N) is 2. The van der Waals surface area contributed by atoms with E-state index in [2.05, 4.69) is 9.98 Å². The highest BCUT2D eigenvalue weighted by atomic mass is 14.9. The molecule has 2 heteroatoms. The molecule has 2 nitrogen and oxygen atoms in total. The van der Waals surface area contributed by atoms with Gasteiger partial charge in [0.2, 0.25) is 0 Å². The summed E-state index contributed by atoms with van der Waals surface area (Å²) in [6, 6.07) is 0. The second-order valence-electron chi connectivity index (χ2n) is 2.02. The monoisotopic (exact) mass is 138 g/mol. The van der Waals surface area contributed by atoms with Gasteiger partial charge in [-0.1, -0.05) is 6.08 Å². The minimum absolute atomic E-state index is 0.815. The standard InChI is InChI=1S/C8H14N2/c1-5-6-7(2)10-8(3)9-4/h5-6H,1-4H3/b6-5-,9-8-,10-7-. The van der Waals surface area contributed by atoms with E-state index in [1.165, 1.54) is 0 Å². The quantitative estimate of drug-likeness (QED) is 0.391. The normalized spacial score (nSPS) is 14.8. The summed E-state index contributed by atoms with van der Waals surface area (Å²) in [6.45, 7) is 5.80. The average Bonchev–Trinajstić information content (AvgIpc) is 1.88. The Hall–Kier alpha value is -0.920. The fourth-order valence-corrected chi connectivity index (χ4v) is 0.584. The van der Waals surface area contributed by atoms with Crippen molar-refractivity contribution in [2.75, 3.05) is 7.05 Å². The number of aliphatic imine (C=N–C) groups is 2. The van der Waals surface area contributed by atoms with Crippen molar-refractivity contribution in [3.05, 3.63) is 12.2 Å². The van der Waals surface area contributed by atoms with Gasteiger partial charge in [-0.2, -0.15) is 0 Å². The summed E-state index contributed by atoms with van der Waals surface area (Å²) >= 11 is 0. The molecular weight excluding hydrogens is 124 g/mol. The van der Waals surface area contributed by atoms with Crippen LogP contribution in [0.25, 0.3) is 0 Å². The van der Waals surface area contributed by atoms with Crippen molar-refractivity contribution < 1.29 is 0 Å². The van der Waals surface area contributed by atoms with E-state index >= 15 is 0 Å². The molecule has 0 aromatic heterocycles. The molecule has 0 saturated carbocycles. The summed E-state index contributed by atoms with van der Waals surface area (Å²) in [4.78, 5) is 8.07. The maximum Gasteiger partial charge on any atom is 0.120 e. The van der Waals surface area contributed by atoms with E-state index in [0.29, 0.717) is 0 Å². The molecule has 0 atom stereocenters. The largest absolute Gasteiger partial charge is 0.274 e. The van der Waals surface area contributed by atoms with Crippen LogP contribution in [-0.4, -0.2) is 18.6 Å². The molecule has 0 aliphatic rings. The zero-order chi connectivity index (χ0) is 7.98. The van der Waals surface area contributed by atoms with Gasteiger partial charge in [0.15, 0.2) is 0 Å². The molecule has 0 unspecified atom stereocenters. The van der Waals surface area contributed by atoms with E-state index < -0.39 is 0 Å². The molecule has 0 bridgehead atoms. The SMILES string of the molecule is C\C=C/C(C)=N\C(C)=N/C.